The second-order valence-corrected chi connectivity index (χ2v) is 4.75. The van der Waals surface area contributed by atoms with Gasteiger partial charge in [-0.2, -0.15) is 0 Å². The standard InChI is InChI=1S/C14H21NO3/c1-10-3-4-13(14(7-10)16-2)18-9-12(15)11-5-6-17-8-11/h3-4,7,11-12H,5-6,8-9,15H2,1-2H3. The molecule has 0 spiro atoms. The van der Waals surface area contributed by atoms with Gasteiger partial charge in [-0.3, -0.25) is 0 Å². The van der Waals surface area contributed by atoms with Crippen LogP contribution in [0.2, 0.25) is 0 Å². The van der Waals surface area contributed by atoms with Crippen LogP contribution in [0.4, 0.5) is 0 Å². The lowest BCUT2D eigenvalue weighted by Gasteiger charge is -2.19. The van der Waals surface area contributed by atoms with Crippen LogP contribution >= 0.6 is 0 Å². The number of rotatable bonds is 5. The van der Waals surface area contributed by atoms with Crippen LogP contribution in [-0.2, 0) is 4.74 Å². The van der Waals surface area contributed by atoms with Gasteiger partial charge in [0.05, 0.1) is 13.7 Å². The third kappa shape index (κ3) is 3.15. The van der Waals surface area contributed by atoms with Crippen molar-refractivity contribution in [2.24, 2.45) is 11.7 Å². The quantitative estimate of drug-likeness (QED) is 0.866. The molecule has 2 N–H and O–H groups in total. The Kier molecular flexibility index (Phi) is 4.44. The first-order valence-electron chi connectivity index (χ1n) is 6.31. The summed E-state index contributed by atoms with van der Waals surface area (Å²) in [6.45, 7) is 4.07. The fourth-order valence-corrected chi connectivity index (χ4v) is 2.11. The van der Waals surface area contributed by atoms with E-state index in [-0.39, 0.29) is 6.04 Å². The maximum absolute atomic E-state index is 6.10. The van der Waals surface area contributed by atoms with Crippen molar-refractivity contribution in [1.29, 1.82) is 0 Å². The van der Waals surface area contributed by atoms with E-state index in [1.807, 2.05) is 25.1 Å². The monoisotopic (exact) mass is 251 g/mol. The molecule has 1 aliphatic rings. The summed E-state index contributed by atoms with van der Waals surface area (Å²) < 4.78 is 16.4. The molecule has 0 aromatic heterocycles. The topological polar surface area (TPSA) is 53.7 Å². The summed E-state index contributed by atoms with van der Waals surface area (Å²) in [5, 5.41) is 0. The molecule has 1 aromatic carbocycles. The molecule has 2 unspecified atom stereocenters. The number of benzene rings is 1. The van der Waals surface area contributed by atoms with Crippen LogP contribution < -0.4 is 15.2 Å². The minimum atomic E-state index is 0.0125. The van der Waals surface area contributed by atoms with E-state index in [2.05, 4.69) is 0 Å². The smallest absolute Gasteiger partial charge is 0.161 e. The van der Waals surface area contributed by atoms with Gasteiger partial charge in [0.15, 0.2) is 11.5 Å². The molecule has 0 bridgehead atoms. The molecule has 2 atom stereocenters. The SMILES string of the molecule is COc1cc(C)ccc1OCC(N)C1CCOC1. The molecular weight excluding hydrogens is 230 g/mol. The molecule has 0 saturated carbocycles. The van der Waals surface area contributed by atoms with Crippen LogP contribution in [-0.4, -0.2) is 33.0 Å². The number of ether oxygens (including phenoxy) is 3. The van der Waals surface area contributed by atoms with Gasteiger partial charge in [0, 0.05) is 18.6 Å². The number of hydrogen-bond acceptors (Lipinski definition) is 4. The van der Waals surface area contributed by atoms with Crippen LogP contribution in [0.5, 0.6) is 11.5 Å². The third-order valence-corrected chi connectivity index (χ3v) is 3.32. The van der Waals surface area contributed by atoms with E-state index >= 15 is 0 Å². The fourth-order valence-electron chi connectivity index (χ4n) is 2.11. The molecule has 4 heteroatoms. The van der Waals surface area contributed by atoms with Crippen molar-refractivity contribution in [3.63, 3.8) is 0 Å². The van der Waals surface area contributed by atoms with Gasteiger partial charge in [-0.05, 0) is 31.0 Å². The van der Waals surface area contributed by atoms with Crippen LogP contribution in [0.1, 0.15) is 12.0 Å². The summed E-state index contributed by atoms with van der Waals surface area (Å²) in [4.78, 5) is 0. The van der Waals surface area contributed by atoms with Gasteiger partial charge in [0.25, 0.3) is 0 Å². The van der Waals surface area contributed by atoms with Gasteiger partial charge in [0.2, 0.25) is 0 Å². The van der Waals surface area contributed by atoms with Crippen molar-refractivity contribution in [3.05, 3.63) is 23.8 Å². The summed E-state index contributed by atoms with van der Waals surface area (Å²) in [7, 11) is 1.65. The zero-order valence-electron chi connectivity index (χ0n) is 11.0. The van der Waals surface area contributed by atoms with E-state index in [0.717, 1.165) is 36.7 Å². The minimum Gasteiger partial charge on any atom is -0.493 e. The van der Waals surface area contributed by atoms with Crippen LogP contribution in [0.15, 0.2) is 18.2 Å². The van der Waals surface area contributed by atoms with Crippen molar-refractivity contribution in [3.8, 4) is 11.5 Å². The Morgan fingerprint density at radius 1 is 1.44 bits per heavy atom. The lowest BCUT2D eigenvalue weighted by atomic mass is 10.0. The average Bonchev–Trinajstić information content (AvgIpc) is 2.90. The molecule has 18 heavy (non-hydrogen) atoms. The second kappa shape index (κ2) is 6.07. The highest BCUT2D eigenvalue weighted by atomic mass is 16.5. The van der Waals surface area contributed by atoms with Gasteiger partial charge in [-0.1, -0.05) is 6.07 Å². The predicted octanol–water partition coefficient (Wildman–Crippen LogP) is 1.75. The highest BCUT2D eigenvalue weighted by Gasteiger charge is 2.23. The first kappa shape index (κ1) is 13.2. The molecule has 1 aromatic rings. The predicted molar refractivity (Wildman–Crippen MR) is 70.1 cm³/mol. The zero-order valence-corrected chi connectivity index (χ0v) is 11.0. The summed E-state index contributed by atoms with van der Waals surface area (Å²) >= 11 is 0. The molecule has 0 aliphatic carbocycles. The number of hydrogen-bond donors (Lipinski definition) is 1. The maximum Gasteiger partial charge on any atom is 0.161 e. The largest absolute Gasteiger partial charge is 0.493 e. The van der Waals surface area contributed by atoms with Crippen LogP contribution in [0, 0.1) is 12.8 Å². The third-order valence-electron chi connectivity index (χ3n) is 3.32. The van der Waals surface area contributed by atoms with E-state index < -0.39 is 0 Å². The minimum absolute atomic E-state index is 0.0125. The first-order chi connectivity index (χ1) is 8.70. The summed E-state index contributed by atoms with van der Waals surface area (Å²) in [5.41, 5.74) is 7.25. The second-order valence-electron chi connectivity index (χ2n) is 4.75. The molecular formula is C14H21NO3. The normalized spacial score (nSPS) is 20.7. The van der Waals surface area contributed by atoms with Gasteiger partial charge in [-0.25, -0.2) is 0 Å². The molecule has 0 radical (unpaired) electrons. The Labute approximate surface area is 108 Å². The van der Waals surface area contributed by atoms with E-state index in [1.54, 1.807) is 7.11 Å². The maximum atomic E-state index is 6.10. The van der Waals surface area contributed by atoms with Crippen LogP contribution in [0.3, 0.4) is 0 Å². The molecule has 2 rings (SSSR count). The number of aryl methyl sites for hydroxylation is 1. The van der Waals surface area contributed by atoms with Crippen LogP contribution in [0.25, 0.3) is 0 Å². The highest BCUT2D eigenvalue weighted by Crippen LogP contribution is 2.28. The Morgan fingerprint density at radius 3 is 2.94 bits per heavy atom. The van der Waals surface area contributed by atoms with E-state index in [9.17, 15) is 0 Å². The van der Waals surface area contributed by atoms with Crippen molar-refractivity contribution in [2.75, 3.05) is 26.9 Å². The number of methoxy groups -OCH3 is 1. The lowest BCUT2D eigenvalue weighted by molar-refractivity contribution is 0.169. The van der Waals surface area contributed by atoms with Crippen molar-refractivity contribution < 1.29 is 14.2 Å². The molecule has 0 amide bonds. The van der Waals surface area contributed by atoms with Crippen molar-refractivity contribution >= 4 is 0 Å². The Balaban J connectivity index is 1.92. The van der Waals surface area contributed by atoms with E-state index in [0.29, 0.717) is 12.5 Å². The number of nitrogens with two attached hydrogens (primary N) is 1. The summed E-state index contributed by atoms with van der Waals surface area (Å²) in [5.74, 6) is 1.91. The molecule has 1 aliphatic heterocycles. The van der Waals surface area contributed by atoms with E-state index in [4.69, 9.17) is 19.9 Å². The first-order valence-corrected chi connectivity index (χ1v) is 6.31. The Hall–Kier alpha value is -1.26. The fraction of sp³-hybridized carbons (Fsp3) is 0.571. The molecule has 1 fully saturated rings. The molecule has 100 valence electrons. The highest BCUT2D eigenvalue weighted by molar-refractivity contribution is 5.42. The average molecular weight is 251 g/mol. The van der Waals surface area contributed by atoms with Gasteiger partial charge in [0.1, 0.15) is 6.61 Å². The summed E-state index contributed by atoms with van der Waals surface area (Å²) in [6.07, 6.45) is 1.02. The zero-order chi connectivity index (χ0) is 13.0. The summed E-state index contributed by atoms with van der Waals surface area (Å²) in [6, 6.07) is 5.90. The lowest BCUT2D eigenvalue weighted by Crippen LogP contribution is -2.36. The van der Waals surface area contributed by atoms with E-state index in [1.165, 1.54) is 0 Å². The van der Waals surface area contributed by atoms with Gasteiger partial charge in [-0.15, -0.1) is 0 Å². The molecule has 1 heterocycles. The Bertz CT molecular complexity index is 389. The van der Waals surface area contributed by atoms with Gasteiger partial charge >= 0.3 is 0 Å². The Morgan fingerprint density at radius 2 is 2.28 bits per heavy atom. The molecule has 1 saturated heterocycles. The van der Waals surface area contributed by atoms with Crippen molar-refractivity contribution in [1.82, 2.24) is 0 Å². The molecule has 4 nitrogen and oxygen atoms in total. The van der Waals surface area contributed by atoms with Crippen molar-refractivity contribution in [2.45, 2.75) is 19.4 Å². The van der Waals surface area contributed by atoms with Gasteiger partial charge < -0.3 is 19.9 Å².